The van der Waals surface area contributed by atoms with Crippen LogP contribution in [-0.4, -0.2) is 19.1 Å². The largest absolute Gasteiger partial charge is 0.374 e. The Kier molecular flexibility index (Phi) is 4.00. The highest BCUT2D eigenvalue weighted by molar-refractivity contribution is 6.30. The van der Waals surface area contributed by atoms with Gasteiger partial charge in [-0.15, -0.1) is 0 Å². The standard InChI is InChI=1S/C12H19ClN2/c1-12(2,14)7-8-15(3)11-6-4-5-10(13)9-11/h4-6,9H,7-8,14H2,1-3H3. The summed E-state index contributed by atoms with van der Waals surface area (Å²) in [7, 11) is 2.05. The Bertz CT molecular complexity index is 318. The van der Waals surface area contributed by atoms with Crippen LogP contribution < -0.4 is 10.6 Å². The van der Waals surface area contributed by atoms with Crippen LogP contribution in [0.2, 0.25) is 5.02 Å². The highest BCUT2D eigenvalue weighted by Crippen LogP contribution is 2.19. The van der Waals surface area contributed by atoms with Gasteiger partial charge in [0.2, 0.25) is 0 Å². The Morgan fingerprint density at radius 1 is 1.40 bits per heavy atom. The first-order chi connectivity index (χ1) is 6.88. The van der Waals surface area contributed by atoms with Gasteiger partial charge in [0.15, 0.2) is 0 Å². The van der Waals surface area contributed by atoms with Gasteiger partial charge in [0, 0.05) is 29.8 Å². The fourth-order valence-corrected chi connectivity index (χ4v) is 1.48. The van der Waals surface area contributed by atoms with Crippen LogP contribution in [-0.2, 0) is 0 Å². The molecule has 0 aromatic heterocycles. The third-order valence-corrected chi connectivity index (χ3v) is 2.58. The lowest BCUT2D eigenvalue weighted by molar-refractivity contribution is 0.479. The van der Waals surface area contributed by atoms with Crippen molar-refractivity contribution in [2.45, 2.75) is 25.8 Å². The monoisotopic (exact) mass is 226 g/mol. The summed E-state index contributed by atoms with van der Waals surface area (Å²) in [4.78, 5) is 2.17. The van der Waals surface area contributed by atoms with Gasteiger partial charge in [0.1, 0.15) is 0 Å². The smallest absolute Gasteiger partial charge is 0.0426 e. The fraction of sp³-hybridized carbons (Fsp3) is 0.500. The summed E-state index contributed by atoms with van der Waals surface area (Å²) >= 11 is 5.93. The van der Waals surface area contributed by atoms with Crippen molar-refractivity contribution in [1.29, 1.82) is 0 Å². The minimum Gasteiger partial charge on any atom is -0.374 e. The molecule has 2 nitrogen and oxygen atoms in total. The summed E-state index contributed by atoms with van der Waals surface area (Å²) < 4.78 is 0. The van der Waals surface area contributed by atoms with E-state index in [4.69, 9.17) is 17.3 Å². The van der Waals surface area contributed by atoms with Crippen LogP contribution >= 0.6 is 11.6 Å². The second-order valence-corrected chi connectivity index (χ2v) is 5.08. The molecule has 0 unspecified atom stereocenters. The van der Waals surface area contributed by atoms with E-state index >= 15 is 0 Å². The zero-order valence-corrected chi connectivity index (χ0v) is 10.4. The number of halogens is 1. The fourth-order valence-electron chi connectivity index (χ4n) is 1.30. The van der Waals surface area contributed by atoms with Crippen molar-refractivity contribution in [3.63, 3.8) is 0 Å². The van der Waals surface area contributed by atoms with Crippen LogP contribution in [0.3, 0.4) is 0 Å². The molecule has 1 aromatic rings. The maximum absolute atomic E-state index is 5.94. The SMILES string of the molecule is CN(CCC(C)(C)N)c1cccc(Cl)c1. The average molecular weight is 227 g/mol. The van der Waals surface area contributed by atoms with Crippen molar-refractivity contribution in [3.05, 3.63) is 29.3 Å². The van der Waals surface area contributed by atoms with Gasteiger partial charge in [-0.2, -0.15) is 0 Å². The maximum Gasteiger partial charge on any atom is 0.0426 e. The average Bonchev–Trinajstić information content (AvgIpc) is 2.13. The first kappa shape index (κ1) is 12.3. The van der Waals surface area contributed by atoms with E-state index in [2.05, 4.69) is 18.0 Å². The Labute approximate surface area is 97.0 Å². The zero-order chi connectivity index (χ0) is 11.5. The van der Waals surface area contributed by atoms with Crippen LogP contribution in [0.4, 0.5) is 5.69 Å². The molecule has 0 bridgehead atoms. The van der Waals surface area contributed by atoms with E-state index in [9.17, 15) is 0 Å². The molecular weight excluding hydrogens is 208 g/mol. The molecule has 1 aromatic carbocycles. The van der Waals surface area contributed by atoms with Gasteiger partial charge in [0.05, 0.1) is 0 Å². The molecule has 0 saturated heterocycles. The molecule has 0 atom stereocenters. The van der Waals surface area contributed by atoms with Gasteiger partial charge in [-0.05, 0) is 38.5 Å². The minimum absolute atomic E-state index is 0.118. The van der Waals surface area contributed by atoms with Crippen LogP contribution in [0.1, 0.15) is 20.3 Å². The van der Waals surface area contributed by atoms with E-state index in [-0.39, 0.29) is 5.54 Å². The Morgan fingerprint density at radius 2 is 2.07 bits per heavy atom. The molecule has 0 radical (unpaired) electrons. The third kappa shape index (κ3) is 4.54. The molecule has 2 N–H and O–H groups in total. The van der Waals surface area contributed by atoms with Crippen molar-refractivity contribution in [2.24, 2.45) is 5.73 Å². The van der Waals surface area contributed by atoms with E-state index in [0.29, 0.717) is 0 Å². The van der Waals surface area contributed by atoms with E-state index in [1.165, 1.54) is 0 Å². The number of nitrogens with zero attached hydrogens (tertiary/aromatic N) is 1. The van der Waals surface area contributed by atoms with Crippen molar-refractivity contribution < 1.29 is 0 Å². The van der Waals surface area contributed by atoms with Crippen LogP contribution in [0.15, 0.2) is 24.3 Å². The number of anilines is 1. The summed E-state index contributed by atoms with van der Waals surface area (Å²) in [5, 5.41) is 0.770. The highest BCUT2D eigenvalue weighted by atomic mass is 35.5. The molecule has 0 aliphatic carbocycles. The molecule has 0 saturated carbocycles. The number of hydrogen-bond acceptors (Lipinski definition) is 2. The van der Waals surface area contributed by atoms with Crippen LogP contribution in [0.5, 0.6) is 0 Å². The van der Waals surface area contributed by atoms with Crippen molar-refractivity contribution in [2.75, 3.05) is 18.5 Å². The van der Waals surface area contributed by atoms with E-state index in [0.717, 1.165) is 23.7 Å². The molecule has 0 amide bonds. The molecule has 84 valence electrons. The zero-order valence-electron chi connectivity index (χ0n) is 9.63. The van der Waals surface area contributed by atoms with Gasteiger partial charge >= 0.3 is 0 Å². The molecule has 0 spiro atoms. The number of nitrogens with two attached hydrogens (primary N) is 1. The van der Waals surface area contributed by atoms with Crippen molar-refractivity contribution in [1.82, 2.24) is 0 Å². The predicted octanol–water partition coefficient (Wildman–Crippen LogP) is 2.90. The second-order valence-electron chi connectivity index (χ2n) is 4.64. The van der Waals surface area contributed by atoms with Crippen LogP contribution in [0.25, 0.3) is 0 Å². The summed E-state index contributed by atoms with van der Waals surface area (Å²) in [6, 6.07) is 7.86. The second kappa shape index (κ2) is 4.86. The van der Waals surface area contributed by atoms with E-state index in [1.807, 2.05) is 32.0 Å². The van der Waals surface area contributed by atoms with E-state index in [1.54, 1.807) is 0 Å². The predicted molar refractivity (Wildman–Crippen MR) is 67.6 cm³/mol. The molecule has 0 aliphatic rings. The lowest BCUT2D eigenvalue weighted by Gasteiger charge is -2.25. The minimum atomic E-state index is -0.118. The first-order valence-corrected chi connectivity index (χ1v) is 5.52. The summed E-state index contributed by atoms with van der Waals surface area (Å²) in [5.41, 5.74) is 6.95. The van der Waals surface area contributed by atoms with Crippen molar-refractivity contribution >= 4 is 17.3 Å². The molecule has 1 rings (SSSR count). The molecule has 0 fully saturated rings. The van der Waals surface area contributed by atoms with Gasteiger partial charge < -0.3 is 10.6 Å². The normalized spacial score (nSPS) is 11.5. The molecule has 15 heavy (non-hydrogen) atoms. The van der Waals surface area contributed by atoms with Crippen LogP contribution in [0, 0.1) is 0 Å². The molecule has 0 aliphatic heterocycles. The molecular formula is C12H19ClN2. The number of hydrogen-bond donors (Lipinski definition) is 1. The Morgan fingerprint density at radius 3 is 2.60 bits per heavy atom. The quantitative estimate of drug-likeness (QED) is 0.856. The van der Waals surface area contributed by atoms with Gasteiger partial charge in [-0.1, -0.05) is 17.7 Å². The first-order valence-electron chi connectivity index (χ1n) is 5.14. The third-order valence-electron chi connectivity index (χ3n) is 2.34. The number of benzene rings is 1. The lowest BCUT2D eigenvalue weighted by Crippen LogP contribution is -2.36. The van der Waals surface area contributed by atoms with Gasteiger partial charge in [-0.3, -0.25) is 0 Å². The summed E-state index contributed by atoms with van der Waals surface area (Å²) in [5.74, 6) is 0. The van der Waals surface area contributed by atoms with Gasteiger partial charge in [-0.25, -0.2) is 0 Å². The Balaban J connectivity index is 2.58. The highest BCUT2D eigenvalue weighted by Gasteiger charge is 2.11. The maximum atomic E-state index is 5.94. The summed E-state index contributed by atoms with van der Waals surface area (Å²) in [6.45, 7) is 5.02. The summed E-state index contributed by atoms with van der Waals surface area (Å²) in [6.07, 6.45) is 0.954. The number of rotatable bonds is 4. The van der Waals surface area contributed by atoms with Crippen molar-refractivity contribution in [3.8, 4) is 0 Å². The topological polar surface area (TPSA) is 29.3 Å². The molecule has 0 heterocycles. The van der Waals surface area contributed by atoms with E-state index < -0.39 is 0 Å². The molecule has 3 heteroatoms. The van der Waals surface area contributed by atoms with Gasteiger partial charge in [0.25, 0.3) is 0 Å². The lowest BCUT2D eigenvalue weighted by atomic mass is 10.0. The Hall–Kier alpha value is -0.730.